The van der Waals surface area contributed by atoms with Gasteiger partial charge in [0.15, 0.2) is 0 Å². The molecule has 0 unspecified atom stereocenters. The second-order valence-corrected chi connectivity index (χ2v) is 8.97. The number of nitrogens with zero attached hydrogens (tertiary/aromatic N) is 3. The lowest BCUT2D eigenvalue weighted by molar-refractivity contribution is -0.139. The number of carbonyl (C=O) groups is 2. The van der Waals surface area contributed by atoms with Crippen molar-refractivity contribution < 1.29 is 14.3 Å². The molecule has 8 nitrogen and oxygen atoms in total. The average molecular weight is 430 g/mol. The fourth-order valence-electron chi connectivity index (χ4n) is 4.75. The lowest BCUT2D eigenvalue weighted by atomic mass is 10.00. The molecular weight excluding hydrogens is 394 g/mol. The van der Waals surface area contributed by atoms with Crippen LogP contribution in [0.4, 0.5) is 5.69 Å². The van der Waals surface area contributed by atoms with Gasteiger partial charge in [0.25, 0.3) is 0 Å². The number of ether oxygens (including phenoxy) is 1. The van der Waals surface area contributed by atoms with Crippen LogP contribution in [0.5, 0.6) is 0 Å². The van der Waals surface area contributed by atoms with Gasteiger partial charge in [-0.2, -0.15) is 0 Å². The maximum Gasteiger partial charge on any atom is 0.309 e. The Balaban J connectivity index is 1.40. The van der Waals surface area contributed by atoms with Gasteiger partial charge in [-0.3, -0.25) is 14.5 Å². The highest BCUT2D eigenvalue weighted by Gasteiger charge is 2.27. The van der Waals surface area contributed by atoms with E-state index in [9.17, 15) is 9.59 Å². The zero-order valence-corrected chi connectivity index (χ0v) is 18.7. The van der Waals surface area contributed by atoms with Crippen molar-refractivity contribution in [3.05, 3.63) is 29.3 Å². The van der Waals surface area contributed by atoms with Crippen LogP contribution in [-0.2, 0) is 20.7 Å². The van der Waals surface area contributed by atoms with Crippen LogP contribution in [0.25, 0.3) is 0 Å². The number of hydrogen-bond donors (Lipinski definition) is 2. The summed E-state index contributed by atoms with van der Waals surface area (Å²) in [6.07, 6.45) is 3.02. The summed E-state index contributed by atoms with van der Waals surface area (Å²) < 4.78 is 5.51. The molecule has 1 aromatic rings. The Hall–Kier alpha value is -2.16. The number of amides is 2. The molecule has 0 aliphatic carbocycles. The Labute approximate surface area is 184 Å². The number of carbonyl (C=O) groups excluding carboxylic acids is 2. The monoisotopic (exact) mass is 429 g/mol. The molecule has 0 bridgehead atoms. The number of benzene rings is 1. The normalized spacial score (nSPS) is 22.9. The van der Waals surface area contributed by atoms with Gasteiger partial charge in [-0.25, -0.2) is 0 Å². The topological polar surface area (TPSA) is 77.1 Å². The quantitative estimate of drug-likeness (QED) is 0.637. The van der Waals surface area contributed by atoms with Gasteiger partial charge in [0, 0.05) is 65.2 Å². The van der Waals surface area contributed by atoms with Crippen LogP contribution in [0.1, 0.15) is 30.0 Å². The van der Waals surface area contributed by atoms with Crippen LogP contribution in [0.3, 0.4) is 0 Å². The molecule has 3 aliphatic heterocycles. The molecule has 0 aromatic heterocycles. The minimum atomic E-state index is -0.580. The maximum atomic E-state index is 12.5. The molecule has 1 aromatic carbocycles. The van der Waals surface area contributed by atoms with Crippen molar-refractivity contribution in [3.63, 3.8) is 0 Å². The van der Waals surface area contributed by atoms with Gasteiger partial charge in [0.2, 0.25) is 0 Å². The Morgan fingerprint density at radius 1 is 1.10 bits per heavy atom. The smallest absolute Gasteiger partial charge is 0.309 e. The minimum Gasteiger partial charge on any atom is -0.376 e. The molecule has 2 saturated heterocycles. The van der Waals surface area contributed by atoms with Crippen LogP contribution >= 0.6 is 0 Å². The van der Waals surface area contributed by atoms with Gasteiger partial charge < -0.3 is 25.2 Å². The SMILES string of the molecule is CN1CCN([C@H](CNC(=O)C(=O)NC[C@@H]2CCCO2)c2ccc3c(c2)CCN3C)CC1. The molecule has 2 fully saturated rings. The van der Waals surface area contributed by atoms with E-state index in [1.165, 1.54) is 16.8 Å². The van der Waals surface area contributed by atoms with Gasteiger partial charge in [0.05, 0.1) is 12.1 Å². The molecule has 170 valence electrons. The summed E-state index contributed by atoms with van der Waals surface area (Å²) in [6, 6.07) is 6.70. The summed E-state index contributed by atoms with van der Waals surface area (Å²) in [4.78, 5) is 31.7. The van der Waals surface area contributed by atoms with E-state index in [-0.39, 0.29) is 12.1 Å². The van der Waals surface area contributed by atoms with Gasteiger partial charge >= 0.3 is 11.8 Å². The van der Waals surface area contributed by atoms with E-state index in [0.717, 1.165) is 58.6 Å². The molecule has 31 heavy (non-hydrogen) atoms. The molecule has 3 aliphatic rings. The predicted molar refractivity (Wildman–Crippen MR) is 120 cm³/mol. The van der Waals surface area contributed by atoms with Gasteiger partial charge in [-0.1, -0.05) is 12.1 Å². The first-order valence-electron chi connectivity index (χ1n) is 11.5. The third-order valence-electron chi connectivity index (χ3n) is 6.77. The van der Waals surface area contributed by atoms with Crippen molar-refractivity contribution in [3.8, 4) is 0 Å². The largest absolute Gasteiger partial charge is 0.376 e. The van der Waals surface area contributed by atoms with Crippen molar-refractivity contribution >= 4 is 17.5 Å². The van der Waals surface area contributed by atoms with Gasteiger partial charge in [0.1, 0.15) is 0 Å². The summed E-state index contributed by atoms with van der Waals surface area (Å²) in [5, 5.41) is 5.59. The molecular formula is C23H35N5O3. The number of nitrogens with one attached hydrogen (secondary N) is 2. The molecule has 2 amide bonds. The van der Waals surface area contributed by atoms with Crippen LogP contribution < -0.4 is 15.5 Å². The van der Waals surface area contributed by atoms with Crippen molar-refractivity contribution in [2.24, 2.45) is 0 Å². The Bertz CT molecular complexity index is 787. The average Bonchev–Trinajstić information content (AvgIpc) is 3.43. The summed E-state index contributed by atoms with van der Waals surface area (Å²) in [7, 11) is 4.26. The van der Waals surface area contributed by atoms with E-state index < -0.39 is 11.8 Å². The zero-order valence-electron chi connectivity index (χ0n) is 18.7. The van der Waals surface area contributed by atoms with Gasteiger partial charge in [-0.05, 0) is 43.5 Å². The summed E-state index contributed by atoms with van der Waals surface area (Å²) in [5.41, 5.74) is 3.86. The number of hydrogen-bond acceptors (Lipinski definition) is 6. The van der Waals surface area contributed by atoms with E-state index in [4.69, 9.17) is 4.74 Å². The molecule has 3 heterocycles. The first-order chi connectivity index (χ1) is 15.0. The van der Waals surface area contributed by atoms with E-state index >= 15 is 0 Å². The maximum absolute atomic E-state index is 12.5. The standard InChI is InChI=1S/C23H35N5O3/c1-26-9-11-28(12-10-26)21(17-5-6-20-18(14-17)7-8-27(20)2)16-25-23(30)22(29)24-15-19-4-3-13-31-19/h5-6,14,19,21H,3-4,7-13,15-16H2,1-2H3,(H,24,29)(H,25,30)/t19-,21+/m0/s1. The molecule has 0 spiro atoms. The lowest BCUT2D eigenvalue weighted by Crippen LogP contribution is -2.50. The second-order valence-electron chi connectivity index (χ2n) is 8.97. The number of anilines is 1. The highest BCUT2D eigenvalue weighted by molar-refractivity contribution is 6.35. The summed E-state index contributed by atoms with van der Waals surface area (Å²) in [5.74, 6) is -1.15. The van der Waals surface area contributed by atoms with Crippen molar-refractivity contribution in [1.29, 1.82) is 0 Å². The first-order valence-corrected chi connectivity index (χ1v) is 11.5. The van der Waals surface area contributed by atoms with Crippen molar-refractivity contribution in [2.75, 3.05) is 71.4 Å². The van der Waals surface area contributed by atoms with E-state index in [1.54, 1.807) is 0 Å². The van der Waals surface area contributed by atoms with Gasteiger partial charge in [-0.15, -0.1) is 0 Å². The molecule has 4 rings (SSSR count). The number of piperazine rings is 1. The Kier molecular flexibility index (Phi) is 7.09. The van der Waals surface area contributed by atoms with Crippen LogP contribution in [0.2, 0.25) is 0 Å². The van der Waals surface area contributed by atoms with E-state index in [0.29, 0.717) is 13.1 Å². The zero-order chi connectivity index (χ0) is 21.8. The van der Waals surface area contributed by atoms with Crippen molar-refractivity contribution in [1.82, 2.24) is 20.4 Å². The fraction of sp³-hybridized carbons (Fsp3) is 0.652. The third kappa shape index (κ3) is 5.37. The fourth-order valence-corrected chi connectivity index (χ4v) is 4.75. The highest BCUT2D eigenvalue weighted by Crippen LogP contribution is 2.31. The number of fused-ring (bicyclic) bond motifs is 1. The number of rotatable bonds is 6. The molecule has 0 saturated carbocycles. The van der Waals surface area contributed by atoms with E-state index in [1.807, 2.05) is 0 Å². The molecule has 2 atom stereocenters. The Morgan fingerprint density at radius 2 is 1.87 bits per heavy atom. The first kappa shape index (κ1) is 22.0. The van der Waals surface area contributed by atoms with Crippen LogP contribution in [0.15, 0.2) is 18.2 Å². The summed E-state index contributed by atoms with van der Waals surface area (Å²) in [6.45, 7) is 6.48. The van der Waals surface area contributed by atoms with E-state index in [2.05, 4.69) is 57.6 Å². The Morgan fingerprint density at radius 3 is 2.61 bits per heavy atom. The third-order valence-corrected chi connectivity index (χ3v) is 6.77. The minimum absolute atomic E-state index is 0.0272. The number of likely N-dealkylation sites (N-methyl/N-ethyl adjacent to an activating group) is 2. The molecule has 0 radical (unpaired) electrons. The van der Waals surface area contributed by atoms with Crippen LogP contribution in [-0.4, -0.2) is 94.2 Å². The van der Waals surface area contributed by atoms with Crippen LogP contribution in [0, 0.1) is 0 Å². The van der Waals surface area contributed by atoms with Crippen molar-refractivity contribution in [2.45, 2.75) is 31.4 Å². The highest BCUT2D eigenvalue weighted by atomic mass is 16.5. The lowest BCUT2D eigenvalue weighted by Gasteiger charge is -2.38. The second kappa shape index (κ2) is 9.97. The summed E-state index contributed by atoms with van der Waals surface area (Å²) >= 11 is 0. The predicted octanol–water partition coefficient (Wildman–Crippen LogP) is 0.379. The molecule has 8 heteroatoms. The molecule has 2 N–H and O–H groups in total.